The zero-order valence-electron chi connectivity index (χ0n) is 9.78. The van der Waals surface area contributed by atoms with Crippen LogP contribution in [0, 0.1) is 0 Å². The highest BCUT2D eigenvalue weighted by Gasteiger charge is 2.31. The van der Waals surface area contributed by atoms with Crippen molar-refractivity contribution in [3.8, 4) is 0 Å². The van der Waals surface area contributed by atoms with E-state index in [9.17, 15) is 0 Å². The van der Waals surface area contributed by atoms with Crippen molar-refractivity contribution in [3.05, 3.63) is 12.4 Å². The number of nitrogens with one attached hydrogen (secondary N) is 1. The Morgan fingerprint density at radius 2 is 2.50 bits per heavy atom. The van der Waals surface area contributed by atoms with E-state index in [1.165, 1.54) is 19.3 Å². The lowest BCUT2D eigenvalue weighted by molar-refractivity contribution is 0.0313. The molecule has 1 aliphatic carbocycles. The Labute approximate surface area is 96.0 Å². The van der Waals surface area contributed by atoms with Crippen molar-refractivity contribution in [2.75, 3.05) is 18.5 Å². The molecular formula is C12H19N3O. The van der Waals surface area contributed by atoms with Crippen LogP contribution in [0.15, 0.2) is 12.4 Å². The van der Waals surface area contributed by atoms with Gasteiger partial charge in [0, 0.05) is 31.6 Å². The number of rotatable bonds is 4. The Hall–Kier alpha value is -1.03. The standard InChI is InChI=1S/C12H19N3O/c1-12(5-2-8-16-12)9-14-11-13-6-7-15(11)10-3-4-10/h6-7,10H,2-5,8-9H2,1H3,(H,13,14). The maximum absolute atomic E-state index is 5.76. The van der Waals surface area contributed by atoms with Crippen LogP contribution < -0.4 is 5.32 Å². The summed E-state index contributed by atoms with van der Waals surface area (Å²) >= 11 is 0. The van der Waals surface area contributed by atoms with Crippen LogP contribution in [-0.2, 0) is 4.74 Å². The first-order valence-electron chi connectivity index (χ1n) is 6.18. The molecule has 16 heavy (non-hydrogen) atoms. The molecule has 1 saturated heterocycles. The third-order valence-corrected chi connectivity index (χ3v) is 3.53. The van der Waals surface area contributed by atoms with Crippen LogP contribution in [0.25, 0.3) is 0 Å². The molecule has 1 aromatic rings. The monoisotopic (exact) mass is 221 g/mol. The summed E-state index contributed by atoms with van der Waals surface area (Å²) < 4.78 is 8.00. The number of imidazole rings is 1. The molecule has 2 heterocycles. The Morgan fingerprint density at radius 3 is 3.19 bits per heavy atom. The normalized spacial score (nSPS) is 29.6. The number of anilines is 1. The van der Waals surface area contributed by atoms with Gasteiger partial charge >= 0.3 is 0 Å². The zero-order chi connectivity index (χ0) is 11.0. The molecule has 4 heteroatoms. The average Bonchev–Trinajstić information content (AvgIpc) is 2.86. The highest BCUT2D eigenvalue weighted by molar-refractivity contribution is 5.28. The summed E-state index contributed by atoms with van der Waals surface area (Å²) in [6, 6.07) is 0.683. The van der Waals surface area contributed by atoms with Crippen LogP contribution in [0.5, 0.6) is 0 Å². The summed E-state index contributed by atoms with van der Waals surface area (Å²) in [5.41, 5.74) is 0.000328. The van der Waals surface area contributed by atoms with Gasteiger partial charge in [0.05, 0.1) is 5.60 Å². The lowest BCUT2D eigenvalue weighted by atomic mass is 10.0. The molecule has 0 bridgehead atoms. The first kappa shape index (κ1) is 10.1. The van der Waals surface area contributed by atoms with Gasteiger partial charge in [-0.3, -0.25) is 0 Å². The minimum Gasteiger partial charge on any atom is -0.373 e. The molecule has 0 spiro atoms. The maximum Gasteiger partial charge on any atom is 0.203 e. The predicted molar refractivity (Wildman–Crippen MR) is 62.6 cm³/mol. The average molecular weight is 221 g/mol. The van der Waals surface area contributed by atoms with E-state index in [4.69, 9.17) is 4.74 Å². The third kappa shape index (κ3) is 1.94. The predicted octanol–water partition coefficient (Wildman–Crippen LogP) is 2.20. The van der Waals surface area contributed by atoms with Crippen molar-refractivity contribution in [1.29, 1.82) is 0 Å². The molecule has 1 saturated carbocycles. The van der Waals surface area contributed by atoms with E-state index in [1.54, 1.807) is 0 Å². The van der Waals surface area contributed by atoms with Gasteiger partial charge in [-0.15, -0.1) is 0 Å². The van der Waals surface area contributed by atoms with Gasteiger partial charge in [-0.2, -0.15) is 0 Å². The SMILES string of the molecule is CC1(CNc2nccn2C2CC2)CCCO1. The number of hydrogen-bond donors (Lipinski definition) is 1. The molecule has 1 atom stereocenters. The zero-order valence-corrected chi connectivity index (χ0v) is 9.78. The first-order chi connectivity index (χ1) is 7.77. The highest BCUT2D eigenvalue weighted by atomic mass is 16.5. The number of hydrogen-bond acceptors (Lipinski definition) is 3. The second kappa shape index (κ2) is 3.77. The van der Waals surface area contributed by atoms with Gasteiger partial charge in [0.25, 0.3) is 0 Å². The summed E-state index contributed by atoms with van der Waals surface area (Å²) in [4.78, 5) is 4.37. The van der Waals surface area contributed by atoms with E-state index in [2.05, 4.69) is 28.0 Å². The quantitative estimate of drug-likeness (QED) is 0.847. The fourth-order valence-electron chi connectivity index (χ4n) is 2.34. The van der Waals surface area contributed by atoms with E-state index >= 15 is 0 Å². The number of aromatic nitrogens is 2. The maximum atomic E-state index is 5.76. The number of ether oxygens (including phenoxy) is 1. The summed E-state index contributed by atoms with van der Waals surface area (Å²) in [7, 11) is 0. The molecule has 1 unspecified atom stereocenters. The van der Waals surface area contributed by atoms with Gasteiger partial charge in [0.1, 0.15) is 0 Å². The third-order valence-electron chi connectivity index (χ3n) is 3.53. The molecular weight excluding hydrogens is 202 g/mol. The topological polar surface area (TPSA) is 39.1 Å². The summed E-state index contributed by atoms with van der Waals surface area (Å²) in [6.45, 7) is 3.93. The van der Waals surface area contributed by atoms with Crippen LogP contribution >= 0.6 is 0 Å². The molecule has 2 fully saturated rings. The van der Waals surface area contributed by atoms with Crippen molar-refractivity contribution >= 4 is 5.95 Å². The minimum absolute atomic E-state index is 0.000328. The van der Waals surface area contributed by atoms with Gasteiger partial charge < -0.3 is 14.6 Å². The van der Waals surface area contributed by atoms with Crippen LogP contribution in [0.4, 0.5) is 5.95 Å². The molecule has 0 radical (unpaired) electrons. The Bertz CT molecular complexity index is 364. The molecule has 88 valence electrons. The Balaban J connectivity index is 1.63. The molecule has 4 nitrogen and oxygen atoms in total. The molecule has 3 rings (SSSR count). The van der Waals surface area contributed by atoms with Crippen molar-refractivity contribution in [2.24, 2.45) is 0 Å². The van der Waals surface area contributed by atoms with Gasteiger partial charge in [-0.25, -0.2) is 4.98 Å². The van der Waals surface area contributed by atoms with Crippen molar-refractivity contribution in [1.82, 2.24) is 9.55 Å². The van der Waals surface area contributed by atoms with Gasteiger partial charge in [0.2, 0.25) is 5.95 Å². The van der Waals surface area contributed by atoms with E-state index in [0.29, 0.717) is 6.04 Å². The van der Waals surface area contributed by atoms with E-state index in [0.717, 1.165) is 25.5 Å². The van der Waals surface area contributed by atoms with Crippen LogP contribution in [-0.4, -0.2) is 28.3 Å². The molecule has 0 amide bonds. The Morgan fingerprint density at radius 1 is 1.62 bits per heavy atom. The lowest BCUT2D eigenvalue weighted by Gasteiger charge is -2.23. The van der Waals surface area contributed by atoms with Crippen LogP contribution in [0.3, 0.4) is 0 Å². The van der Waals surface area contributed by atoms with Crippen LogP contribution in [0.2, 0.25) is 0 Å². The summed E-state index contributed by atoms with van der Waals surface area (Å²) in [5.74, 6) is 0.999. The molecule has 1 aliphatic heterocycles. The summed E-state index contributed by atoms with van der Waals surface area (Å²) in [6.07, 6.45) is 8.84. The molecule has 2 aliphatic rings. The molecule has 0 aromatic carbocycles. The van der Waals surface area contributed by atoms with E-state index in [-0.39, 0.29) is 5.60 Å². The fraction of sp³-hybridized carbons (Fsp3) is 0.750. The second-order valence-electron chi connectivity index (χ2n) is 5.14. The largest absolute Gasteiger partial charge is 0.373 e. The van der Waals surface area contributed by atoms with Crippen molar-refractivity contribution in [2.45, 2.75) is 44.2 Å². The first-order valence-corrected chi connectivity index (χ1v) is 6.18. The van der Waals surface area contributed by atoms with Gasteiger partial charge in [-0.1, -0.05) is 0 Å². The van der Waals surface area contributed by atoms with E-state index < -0.39 is 0 Å². The summed E-state index contributed by atoms with van der Waals surface area (Å²) in [5, 5.41) is 3.42. The van der Waals surface area contributed by atoms with E-state index in [1.807, 2.05) is 6.20 Å². The fourth-order valence-corrected chi connectivity index (χ4v) is 2.34. The number of nitrogens with zero attached hydrogens (tertiary/aromatic N) is 2. The van der Waals surface area contributed by atoms with Gasteiger partial charge in [0.15, 0.2) is 0 Å². The highest BCUT2D eigenvalue weighted by Crippen LogP contribution is 2.37. The Kier molecular flexibility index (Phi) is 2.39. The van der Waals surface area contributed by atoms with Gasteiger partial charge in [-0.05, 0) is 32.6 Å². The van der Waals surface area contributed by atoms with Crippen molar-refractivity contribution < 1.29 is 4.74 Å². The van der Waals surface area contributed by atoms with Crippen molar-refractivity contribution in [3.63, 3.8) is 0 Å². The van der Waals surface area contributed by atoms with Crippen LogP contribution in [0.1, 0.15) is 38.6 Å². The molecule has 1 aromatic heterocycles. The minimum atomic E-state index is 0.000328. The lowest BCUT2D eigenvalue weighted by Crippen LogP contribution is -2.33. The smallest absolute Gasteiger partial charge is 0.203 e. The second-order valence-corrected chi connectivity index (χ2v) is 5.14. The molecule has 1 N–H and O–H groups in total.